The fourth-order valence-electron chi connectivity index (χ4n) is 1.15. The van der Waals surface area contributed by atoms with Gasteiger partial charge in [0.2, 0.25) is 0 Å². The van der Waals surface area contributed by atoms with E-state index in [0.717, 1.165) is 25.2 Å². The van der Waals surface area contributed by atoms with E-state index in [-0.39, 0.29) is 4.83 Å². The summed E-state index contributed by atoms with van der Waals surface area (Å²) in [7, 11) is 0. The Morgan fingerprint density at radius 3 is 2.78 bits per heavy atom. The lowest BCUT2D eigenvalue weighted by molar-refractivity contribution is -0.120. The molecule has 0 amide bonds. The van der Waals surface area contributed by atoms with E-state index in [1.807, 2.05) is 0 Å². The van der Waals surface area contributed by atoms with Crippen molar-refractivity contribution in [1.82, 2.24) is 0 Å². The van der Waals surface area contributed by atoms with Crippen LogP contribution in [-0.4, -0.2) is 10.6 Å². The zero-order valence-corrected chi connectivity index (χ0v) is 7.15. The van der Waals surface area contributed by atoms with E-state index in [4.69, 9.17) is 0 Å². The van der Waals surface area contributed by atoms with Gasteiger partial charge in [0.1, 0.15) is 5.78 Å². The molecule has 0 heterocycles. The van der Waals surface area contributed by atoms with Crippen molar-refractivity contribution in [1.29, 1.82) is 0 Å². The average Bonchev–Trinajstić information content (AvgIpc) is 1.80. The predicted molar refractivity (Wildman–Crippen MR) is 40.7 cm³/mol. The molecule has 0 aliphatic heterocycles. The van der Waals surface area contributed by atoms with Gasteiger partial charge in [0.15, 0.2) is 0 Å². The van der Waals surface area contributed by atoms with Gasteiger partial charge in [0.05, 0.1) is 4.83 Å². The zero-order chi connectivity index (χ0) is 6.85. The van der Waals surface area contributed by atoms with Gasteiger partial charge in [0.25, 0.3) is 0 Å². The lowest BCUT2D eigenvalue weighted by Gasteiger charge is -2.20. The fourth-order valence-corrected chi connectivity index (χ4v) is 2.01. The molecule has 52 valence electrons. The first-order valence-corrected chi connectivity index (χ1v) is 4.28. The van der Waals surface area contributed by atoms with Gasteiger partial charge in [-0.15, -0.1) is 0 Å². The van der Waals surface area contributed by atoms with Crippen LogP contribution in [0.3, 0.4) is 0 Å². The third-order valence-corrected chi connectivity index (χ3v) is 2.73. The van der Waals surface area contributed by atoms with Crippen LogP contribution < -0.4 is 0 Å². The van der Waals surface area contributed by atoms with E-state index >= 15 is 0 Å². The first kappa shape index (κ1) is 7.26. The second kappa shape index (κ2) is 2.82. The van der Waals surface area contributed by atoms with Crippen molar-refractivity contribution in [3.05, 3.63) is 0 Å². The molecule has 0 saturated heterocycles. The lowest BCUT2D eigenvalue weighted by atomic mass is 9.90. The average molecular weight is 191 g/mol. The zero-order valence-electron chi connectivity index (χ0n) is 5.56. The molecule has 9 heavy (non-hydrogen) atoms. The molecule has 0 bridgehead atoms. The molecule has 2 atom stereocenters. The minimum atomic E-state index is 0.154. The topological polar surface area (TPSA) is 17.1 Å². The van der Waals surface area contributed by atoms with Crippen LogP contribution in [0.5, 0.6) is 0 Å². The summed E-state index contributed by atoms with van der Waals surface area (Å²) < 4.78 is 0. The van der Waals surface area contributed by atoms with E-state index in [1.54, 1.807) is 0 Å². The van der Waals surface area contributed by atoms with Gasteiger partial charge in [-0.2, -0.15) is 0 Å². The Hall–Kier alpha value is 0.150. The number of hydrogen-bond donors (Lipinski definition) is 0. The lowest BCUT2D eigenvalue weighted by Crippen LogP contribution is -2.23. The van der Waals surface area contributed by atoms with E-state index in [1.165, 1.54) is 0 Å². The summed E-state index contributed by atoms with van der Waals surface area (Å²) in [6.07, 6.45) is 2.89. The number of hydrogen-bond acceptors (Lipinski definition) is 1. The third kappa shape index (κ3) is 1.78. The van der Waals surface area contributed by atoms with Crippen LogP contribution in [0.15, 0.2) is 0 Å². The van der Waals surface area contributed by atoms with Crippen LogP contribution in [0.25, 0.3) is 0 Å². The van der Waals surface area contributed by atoms with Crippen molar-refractivity contribution in [3.8, 4) is 0 Å². The number of carbonyl (C=O) groups is 1. The Morgan fingerprint density at radius 2 is 2.33 bits per heavy atom. The monoisotopic (exact) mass is 190 g/mol. The van der Waals surface area contributed by atoms with Gasteiger partial charge in [-0.1, -0.05) is 22.9 Å². The van der Waals surface area contributed by atoms with Gasteiger partial charge in [-0.05, 0) is 18.8 Å². The van der Waals surface area contributed by atoms with Crippen molar-refractivity contribution >= 4 is 21.7 Å². The predicted octanol–water partition coefficient (Wildman–Crippen LogP) is 2.14. The number of Topliss-reactive ketones (excluding diaryl/α,β-unsaturated/α-hetero) is 1. The van der Waals surface area contributed by atoms with E-state index in [9.17, 15) is 4.79 Å². The molecular formula is C7H11BrO. The SMILES string of the molecule is C[C@H]1CCC(=O)[C@@H](Br)C1. The maximum atomic E-state index is 10.9. The highest BCUT2D eigenvalue weighted by Gasteiger charge is 2.23. The van der Waals surface area contributed by atoms with Crippen molar-refractivity contribution in [3.63, 3.8) is 0 Å². The summed E-state index contributed by atoms with van der Waals surface area (Å²) >= 11 is 3.34. The van der Waals surface area contributed by atoms with Gasteiger partial charge in [-0.25, -0.2) is 0 Å². The van der Waals surface area contributed by atoms with Gasteiger partial charge in [0, 0.05) is 6.42 Å². The molecule has 1 fully saturated rings. The van der Waals surface area contributed by atoms with E-state index < -0.39 is 0 Å². The molecular weight excluding hydrogens is 180 g/mol. The number of rotatable bonds is 0. The van der Waals surface area contributed by atoms with E-state index in [0.29, 0.717) is 5.78 Å². The number of carbonyl (C=O) groups excluding carboxylic acids is 1. The van der Waals surface area contributed by atoms with Crippen molar-refractivity contribution in [2.24, 2.45) is 5.92 Å². The van der Waals surface area contributed by atoms with Crippen LogP contribution in [-0.2, 0) is 4.79 Å². The second-order valence-electron chi connectivity index (χ2n) is 2.81. The number of alkyl halides is 1. The standard InChI is InChI=1S/C7H11BrO/c1-5-2-3-7(9)6(8)4-5/h5-6H,2-4H2,1H3/t5-,6-/m0/s1. The smallest absolute Gasteiger partial charge is 0.146 e. The van der Waals surface area contributed by atoms with Crippen LogP contribution >= 0.6 is 15.9 Å². The molecule has 0 N–H and O–H groups in total. The summed E-state index contributed by atoms with van der Waals surface area (Å²) in [6, 6.07) is 0. The molecule has 0 aromatic rings. The normalized spacial score (nSPS) is 36.9. The molecule has 0 aromatic heterocycles. The quantitative estimate of drug-likeness (QED) is 0.536. The fraction of sp³-hybridized carbons (Fsp3) is 0.857. The summed E-state index contributed by atoms with van der Waals surface area (Å²) in [6.45, 7) is 2.20. The molecule has 1 nitrogen and oxygen atoms in total. The Morgan fingerprint density at radius 1 is 1.67 bits per heavy atom. The van der Waals surface area contributed by atoms with E-state index in [2.05, 4.69) is 22.9 Å². The van der Waals surface area contributed by atoms with Crippen LogP contribution in [0, 0.1) is 5.92 Å². The van der Waals surface area contributed by atoms with Crippen LogP contribution in [0.2, 0.25) is 0 Å². The van der Waals surface area contributed by atoms with Gasteiger partial charge < -0.3 is 0 Å². The largest absolute Gasteiger partial charge is 0.298 e. The summed E-state index contributed by atoms with van der Waals surface area (Å²) in [5, 5.41) is 0. The maximum Gasteiger partial charge on any atom is 0.146 e. The summed E-state index contributed by atoms with van der Waals surface area (Å²) in [5.41, 5.74) is 0. The molecule has 1 aliphatic carbocycles. The molecule has 0 radical (unpaired) electrons. The highest BCUT2D eigenvalue weighted by atomic mass is 79.9. The third-order valence-electron chi connectivity index (χ3n) is 1.84. The highest BCUT2D eigenvalue weighted by Crippen LogP contribution is 2.25. The molecule has 0 unspecified atom stereocenters. The van der Waals surface area contributed by atoms with Gasteiger partial charge >= 0.3 is 0 Å². The first-order chi connectivity index (χ1) is 4.20. The summed E-state index contributed by atoms with van der Waals surface area (Å²) in [5.74, 6) is 1.11. The minimum Gasteiger partial charge on any atom is -0.298 e. The number of ketones is 1. The van der Waals surface area contributed by atoms with Crippen LogP contribution in [0.4, 0.5) is 0 Å². The molecule has 1 saturated carbocycles. The minimum absolute atomic E-state index is 0.154. The molecule has 1 aliphatic rings. The number of halogens is 1. The van der Waals surface area contributed by atoms with Crippen LogP contribution in [0.1, 0.15) is 26.2 Å². The molecule has 1 rings (SSSR count). The molecule has 0 aromatic carbocycles. The Bertz CT molecular complexity index is 122. The highest BCUT2D eigenvalue weighted by molar-refractivity contribution is 9.10. The van der Waals surface area contributed by atoms with Crippen molar-refractivity contribution < 1.29 is 4.79 Å². The Labute approximate surface area is 64.0 Å². The first-order valence-electron chi connectivity index (χ1n) is 3.37. The second-order valence-corrected chi connectivity index (χ2v) is 3.92. The Balaban J connectivity index is 2.44. The van der Waals surface area contributed by atoms with Crippen molar-refractivity contribution in [2.45, 2.75) is 31.0 Å². The van der Waals surface area contributed by atoms with Gasteiger partial charge in [-0.3, -0.25) is 4.79 Å². The summed E-state index contributed by atoms with van der Waals surface area (Å²) in [4.78, 5) is 11.0. The molecule has 2 heteroatoms. The van der Waals surface area contributed by atoms with Crippen molar-refractivity contribution in [2.75, 3.05) is 0 Å². The maximum absolute atomic E-state index is 10.9. The Kier molecular flexibility index (Phi) is 2.28. The molecule has 0 spiro atoms.